The van der Waals surface area contributed by atoms with E-state index < -0.39 is 0 Å². The summed E-state index contributed by atoms with van der Waals surface area (Å²) in [5, 5.41) is 0. The topological polar surface area (TPSA) is 64.5 Å². The minimum atomic E-state index is 0. The second-order valence-electron chi connectivity index (χ2n) is 5.12. The van der Waals surface area contributed by atoms with Gasteiger partial charge in [-0.25, -0.2) is 0 Å². The van der Waals surface area contributed by atoms with Gasteiger partial charge in [0.2, 0.25) is 0 Å². The molecule has 5 aromatic rings. The van der Waals surface area contributed by atoms with Gasteiger partial charge >= 0.3 is 0 Å². The van der Waals surface area contributed by atoms with E-state index in [9.17, 15) is 0 Å². The fourth-order valence-corrected chi connectivity index (χ4v) is 1.56. The fourth-order valence-electron chi connectivity index (χ4n) is 1.56. The second-order valence-corrected chi connectivity index (χ2v) is 5.12. The van der Waals surface area contributed by atoms with Crippen LogP contribution < -0.4 is 0 Å². The molecule has 5 rings (SSSR count). The maximum Gasteiger partial charge on any atom is 0.0267 e. The second kappa shape index (κ2) is 24.3. The van der Waals surface area contributed by atoms with E-state index in [-0.39, 0.29) is 16.8 Å². The SMILES string of the molecule is [Co].c1ccncc1.c1ccncc1.c1ccncc1.c1ccncc1.c1ccncc1. The number of hydrogen-bond donors (Lipinski definition) is 0. The molecule has 5 heterocycles. The van der Waals surface area contributed by atoms with Gasteiger partial charge in [0.25, 0.3) is 0 Å². The molecule has 0 spiro atoms. The minimum Gasteiger partial charge on any atom is -0.265 e. The van der Waals surface area contributed by atoms with E-state index in [4.69, 9.17) is 0 Å². The summed E-state index contributed by atoms with van der Waals surface area (Å²) < 4.78 is 0. The van der Waals surface area contributed by atoms with Crippen LogP contribution in [0.2, 0.25) is 0 Å². The quantitative estimate of drug-likeness (QED) is 0.313. The van der Waals surface area contributed by atoms with Crippen LogP contribution in [0.5, 0.6) is 0 Å². The van der Waals surface area contributed by atoms with Gasteiger partial charge in [-0.1, -0.05) is 30.3 Å². The number of pyridine rings is 5. The molecule has 0 aliphatic heterocycles. The van der Waals surface area contributed by atoms with E-state index in [0.717, 1.165) is 0 Å². The Hall–Kier alpha value is -3.74. The first-order chi connectivity index (χ1) is 15.0. The molecule has 0 atom stereocenters. The van der Waals surface area contributed by atoms with Gasteiger partial charge in [-0.3, -0.25) is 24.9 Å². The van der Waals surface area contributed by atoms with E-state index in [1.807, 2.05) is 91.0 Å². The maximum absolute atomic E-state index is 3.78. The molecule has 0 bridgehead atoms. The van der Waals surface area contributed by atoms with Crippen LogP contribution in [0.25, 0.3) is 0 Å². The molecule has 0 saturated heterocycles. The van der Waals surface area contributed by atoms with E-state index in [2.05, 4.69) is 24.9 Å². The number of nitrogens with zero attached hydrogens (tertiary/aromatic N) is 5. The first-order valence-electron chi connectivity index (χ1n) is 9.25. The monoisotopic (exact) mass is 454 g/mol. The zero-order valence-corrected chi connectivity index (χ0v) is 18.0. The summed E-state index contributed by atoms with van der Waals surface area (Å²) in [6.45, 7) is 0. The van der Waals surface area contributed by atoms with Crippen molar-refractivity contribution in [2.75, 3.05) is 0 Å². The van der Waals surface area contributed by atoms with Crippen LogP contribution in [0.4, 0.5) is 0 Å². The van der Waals surface area contributed by atoms with E-state index in [1.54, 1.807) is 62.0 Å². The van der Waals surface area contributed by atoms with Gasteiger partial charge in [-0.05, 0) is 60.7 Å². The van der Waals surface area contributed by atoms with Crippen molar-refractivity contribution >= 4 is 0 Å². The summed E-state index contributed by atoms with van der Waals surface area (Å²) in [4.78, 5) is 18.9. The predicted octanol–water partition coefficient (Wildman–Crippen LogP) is 5.41. The third kappa shape index (κ3) is 22.4. The van der Waals surface area contributed by atoms with Crippen LogP contribution in [-0.4, -0.2) is 24.9 Å². The van der Waals surface area contributed by atoms with E-state index in [0.29, 0.717) is 0 Å². The molecule has 0 aliphatic carbocycles. The van der Waals surface area contributed by atoms with Crippen molar-refractivity contribution in [2.24, 2.45) is 0 Å². The third-order valence-electron chi connectivity index (χ3n) is 2.83. The molecule has 0 N–H and O–H groups in total. The Labute approximate surface area is 194 Å². The first-order valence-corrected chi connectivity index (χ1v) is 9.25. The summed E-state index contributed by atoms with van der Waals surface area (Å²) in [5.41, 5.74) is 0. The smallest absolute Gasteiger partial charge is 0.0267 e. The zero-order chi connectivity index (χ0) is 21.2. The van der Waals surface area contributed by atoms with Crippen LogP contribution in [0, 0.1) is 0 Å². The van der Waals surface area contributed by atoms with Gasteiger partial charge in [-0.15, -0.1) is 0 Å². The van der Waals surface area contributed by atoms with Gasteiger partial charge in [0, 0.05) is 78.7 Å². The molecule has 0 fully saturated rings. The Morgan fingerprint density at radius 3 is 0.355 bits per heavy atom. The molecule has 1 radical (unpaired) electrons. The van der Waals surface area contributed by atoms with Gasteiger partial charge in [0.1, 0.15) is 0 Å². The molecular weight excluding hydrogens is 429 g/mol. The van der Waals surface area contributed by atoms with Crippen molar-refractivity contribution in [3.63, 3.8) is 0 Å². The van der Waals surface area contributed by atoms with E-state index in [1.165, 1.54) is 0 Å². The van der Waals surface area contributed by atoms with Crippen molar-refractivity contribution in [3.8, 4) is 0 Å². The summed E-state index contributed by atoms with van der Waals surface area (Å²) >= 11 is 0. The van der Waals surface area contributed by atoms with Gasteiger partial charge in [0.15, 0.2) is 0 Å². The Bertz CT molecular complexity index is 569. The van der Waals surface area contributed by atoms with Gasteiger partial charge < -0.3 is 0 Å². The maximum atomic E-state index is 3.78. The van der Waals surface area contributed by atoms with E-state index >= 15 is 0 Å². The summed E-state index contributed by atoms with van der Waals surface area (Å²) in [6, 6.07) is 28.6. The van der Waals surface area contributed by atoms with Crippen LogP contribution in [-0.2, 0) is 16.8 Å². The Kier molecular flexibility index (Phi) is 21.4. The van der Waals surface area contributed by atoms with Crippen LogP contribution >= 0.6 is 0 Å². The average molecular weight is 454 g/mol. The van der Waals surface area contributed by atoms with Crippen LogP contribution in [0.1, 0.15) is 0 Å². The molecular formula is C25H25CoN5. The molecule has 0 amide bonds. The molecule has 0 aromatic carbocycles. The third-order valence-corrected chi connectivity index (χ3v) is 2.83. The molecule has 6 heteroatoms. The summed E-state index contributed by atoms with van der Waals surface area (Å²) in [5.74, 6) is 0. The standard InChI is InChI=1S/5C5H5N.Co/c5*1-2-4-6-5-3-1;/h5*1-5H;. The Balaban J connectivity index is 0.000000360. The molecule has 159 valence electrons. The molecule has 5 aromatic heterocycles. The summed E-state index contributed by atoms with van der Waals surface area (Å²) in [6.07, 6.45) is 17.5. The number of hydrogen-bond acceptors (Lipinski definition) is 5. The molecule has 0 saturated carbocycles. The summed E-state index contributed by atoms with van der Waals surface area (Å²) in [7, 11) is 0. The van der Waals surface area contributed by atoms with Gasteiger partial charge in [-0.2, -0.15) is 0 Å². The molecule has 31 heavy (non-hydrogen) atoms. The number of aromatic nitrogens is 5. The fraction of sp³-hybridized carbons (Fsp3) is 0. The molecule has 0 unspecified atom stereocenters. The number of rotatable bonds is 0. The van der Waals surface area contributed by atoms with Crippen LogP contribution in [0.3, 0.4) is 0 Å². The molecule has 5 nitrogen and oxygen atoms in total. The van der Waals surface area contributed by atoms with Crippen molar-refractivity contribution in [1.82, 2.24) is 24.9 Å². The largest absolute Gasteiger partial charge is 0.265 e. The average Bonchev–Trinajstić information content (AvgIpc) is 2.91. The Morgan fingerprint density at radius 2 is 0.323 bits per heavy atom. The first kappa shape index (κ1) is 27.3. The molecule has 0 aliphatic rings. The minimum absolute atomic E-state index is 0. The van der Waals surface area contributed by atoms with Crippen molar-refractivity contribution in [1.29, 1.82) is 0 Å². The zero-order valence-electron chi connectivity index (χ0n) is 17.0. The Morgan fingerprint density at radius 1 is 0.194 bits per heavy atom. The van der Waals surface area contributed by atoms with Crippen molar-refractivity contribution < 1.29 is 16.8 Å². The van der Waals surface area contributed by atoms with Crippen LogP contribution in [0.15, 0.2) is 153 Å². The normalized spacial score (nSPS) is 7.74. The predicted molar refractivity (Wildman–Crippen MR) is 121 cm³/mol. The van der Waals surface area contributed by atoms with Crippen molar-refractivity contribution in [2.45, 2.75) is 0 Å². The van der Waals surface area contributed by atoms with Crippen molar-refractivity contribution in [3.05, 3.63) is 153 Å². The van der Waals surface area contributed by atoms with Gasteiger partial charge in [0.05, 0.1) is 0 Å².